The van der Waals surface area contributed by atoms with E-state index in [0.717, 1.165) is 0 Å². The normalized spacial score (nSPS) is 23.8. The van der Waals surface area contributed by atoms with Gasteiger partial charge in [-0.3, -0.25) is 4.79 Å². The van der Waals surface area contributed by atoms with Crippen LogP contribution in [0.3, 0.4) is 0 Å². The zero-order valence-electron chi connectivity index (χ0n) is 7.45. The highest BCUT2D eigenvalue weighted by Crippen LogP contribution is 2.02. The lowest BCUT2D eigenvalue weighted by atomic mass is 10.2. The van der Waals surface area contributed by atoms with Gasteiger partial charge in [-0.15, -0.1) is 0 Å². The highest BCUT2D eigenvalue weighted by molar-refractivity contribution is 6.02. The van der Waals surface area contributed by atoms with Crippen molar-refractivity contribution in [3.8, 4) is 0 Å². The molecule has 0 aromatic heterocycles. The van der Waals surface area contributed by atoms with Crippen molar-refractivity contribution in [3.63, 3.8) is 0 Å². The summed E-state index contributed by atoms with van der Waals surface area (Å²) in [5.74, 6) is -1.01. The van der Waals surface area contributed by atoms with Crippen molar-refractivity contribution in [2.24, 2.45) is 0 Å². The molecule has 74 valence electrons. The van der Waals surface area contributed by atoms with E-state index in [-0.39, 0.29) is 25.6 Å². The largest absolute Gasteiger partial charge is 0.464 e. The monoisotopic (exact) mass is 188 g/mol. The van der Waals surface area contributed by atoms with Crippen LogP contribution >= 0.6 is 0 Å². The first-order chi connectivity index (χ1) is 6.25. The number of Topliss-reactive ketones (excluding diaryl/α,β-unsaturated/α-hetero) is 1. The van der Waals surface area contributed by atoms with Crippen molar-refractivity contribution < 1.29 is 23.8 Å². The maximum atomic E-state index is 11.2. The van der Waals surface area contributed by atoms with Crippen LogP contribution in [0.15, 0.2) is 0 Å². The molecule has 0 aromatic rings. The lowest BCUT2D eigenvalue weighted by Crippen LogP contribution is -2.35. The molecule has 1 aliphatic rings. The van der Waals surface area contributed by atoms with Crippen LogP contribution in [-0.2, 0) is 23.8 Å². The van der Waals surface area contributed by atoms with E-state index in [9.17, 15) is 9.59 Å². The molecule has 0 aromatic carbocycles. The summed E-state index contributed by atoms with van der Waals surface area (Å²) in [6.45, 7) is 2.42. The first-order valence-electron chi connectivity index (χ1n) is 4.14. The second-order valence-electron chi connectivity index (χ2n) is 2.52. The van der Waals surface area contributed by atoms with Crippen molar-refractivity contribution in [1.29, 1.82) is 0 Å². The van der Waals surface area contributed by atoms with Gasteiger partial charge in [0.25, 0.3) is 0 Å². The van der Waals surface area contributed by atoms with Crippen LogP contribution < -0.4 is 0 Å². The van der Waals surface area contributed by atoms with E-state index >= 15 is 0 Å². The first kappa shape index (κ1) is 10.1. The van der Waals surface area contributed by atoms with Crippen molar-refractivity contribution >= 4 is 11.8 Å². The quantitative estimate of drug-likeness (QED) is 0.433. The second-order valence-corrected chi connectivity index (χ2v) is 2.52. The van der Waals surface area contributed by atoms with Gasteiger partial charge in [-0.25, -0.2) is 4.79 Å². The summed E-state index contributed by atoms with van der Waals surface area (Å²) < 4.78 is 14.5. The van der Waals surface area contributed by atoms with Gasteiger partial charge in [0.2, 0.25) is 6.10 Å². The van der Waals surface area contributed by atoms with Crippen LogP contribution in [0.5, 0.6) is 0 Å². The van der Waals surface area contributed by atoms with Gasteiger partial charge in [-0.05, 0) is 6.92 Å². The molecule has 0 N–H and O–H groups in total. The first-order valence-corrected chi connectivity index (χ1v) is 4.14. The fourth-order valence-corrected chi connectivity index (χ4v) is 0.984. The number of rotatable bonds is 2. The topological polar surface area (TPSA) is 61.8 Å². The summed E-state index contributed by atoms with van der Waals surface area (Å²) in [5.41, 5.74) is 0. The molecular weight excluding hydrogens is 176 g/mol. The number of carbonyl (C=O) groups is 2. The smallest absolute Gasteiger partial charge is 0.343 e. The zero-order chi connectivity index (χ0) is 9.68. The highest BCUT2D eigenvalue weighted by atomic mass is 16.6. The Hall–Kier alpha value is -0.940. The summed E-state index contributed by atoms with van der Waals surface area (Å²) in [6.07, 6.45) is -1.09. The average molecular weight is 188 g/mol. The van der Waals surface area contributed by atoms with E-state index in [4.69, 9.17) is 9.47 Å². The molecule has 0 aliphatic carbocycles. The lowest BCUT2D eigenvalue weighted by Gasteiger charge is -2.10. The molecule has 0 radical (unpaired) electrons. The predicted octanol–water partition coefficient (Wildman–Crippen LogP) is -0.466. The Morgan fingerprint density at radius 1 is 1.62 bits per heavy atom. The van der Waals surface area contributed by atoms with Gasteiger partial charge in [0.05, 0.1) is 19.8 Å². The van der Waals surface area contributed by atoms with Gasteiger partial charge in [0.15, 0.2) is 5.78 Å². The summed E-state index contributed by atoms with van der Waals surface area (Å²) >= 11 is 0. The Balaban J connectivity index is 2.53. The summed E-state index contributed by atoms with van der Waals surface area (Å²) in [5, 5.41) is 0. The third-order valence-electron chi connectivity index (χ3n) is 1.55. The Morgan fingerprint density at radius 3 is 3.08 bits per heavy atom. The molecule has 1 saturated heterocycles. The highest BCUT2D eigenvalue weighted by Gasteiger charge is 2.30. The van der Waals surface area contributed by atoms with Gasteiger partial charge in [0.1, 0.15) is 6.61 Å². The standard InChI is InChI=1S/C8H12O5/c1-2-12-8(10)7-6(9)5-11-3-4-13-7/h7H,2-5H2,1H3. The maximum Gasteiger partial charge on any atom is 0.343 e. The van der Waals surface area contributed by atoms with Crippen LogP contribution in [0.2, 0.25) is 0 Å². The van der Waals surface area contributed by atoms with Crippen LogP contribution in [-0.4, -0.2) is 44.3 Å². The molecule has 0 amide bonds. The van der Waals surface area contributed by atoms with E-state index in [1.807, 2.05) is 0 Å². The summed E-state index contributed by atoms with van der Waals surface area (Å²) in [6, 6.07) is 0. The summed E-state index contributed by atoms with van der Waals surface area (Å²) in [4.78, 5) is 22.3. The number of carbonyl (C=O) groups excluding carboxylic acids is 2. The molecule has 1 unspecified atom stereocenters. The average Bonchev–Trinajstić information content (AvgIpc) is 2.30. The minimum absolute atomic E-state index is 0.0799. The molecule has 5 heteroatoms. The van der Waals surface area contributed by atoms with Gasteiger partial charge >= 0.3 is 5.97 Å². The maximum absolute atomic E-state index is 11.2. The molecule has 1 atom stereocenters. The molecule has 1 heterocycles. The minimum Gasteiger partial charge on any atom is -0.464 e. The summed E-state index contributed by atoms with van der Waals surface area (Å²) in [7, 11) is 0. The Morgan fingerprint density at radius 2 is 2.38 bits per heavy atom. The molecule has 0 spiro atoms. The van der Waals surface area contributed by atoms with Gasteiger partial charge in [-0.2, -0.15) is 0 Å². The van der Waals surface area contributed by atoms with Gasteiger partial charge < -0.3 is 14.2 Å². The van der Waals surface area contributed by atoms with Gasteiger partial charge in [0, 0.05) is 0 Å². The molecule has 1 fully saturated rings. The predicted molar refractivity (Wildman–Crippen MR) is 42.2 cm³/mol. The van der Waals surface area contributed by atoms with E-state index < -0.39 is 12.1 Å². The number of hydrogen-bond donors (Lipinski definition) is 0. The Bertz CT molecular complexity index is 201. The van der Waals surface area contributed by atoms with E-state index in [1.165, 1.54) is 0 Å². The Kier molecular flexibility index (Phi) is 3.85. The van der Waals surface area contributed by atoms with Crippen LogP contribution in [0.1, 0.15) is 6.92 Å². The van der Waals surface area contributed by atoms with Crippen LogP contribution in [0.4, 0.5) is 0 Å². The molecular formula is C8H12O5. The SMILES string of the molecule is CCOC(=O)C1OCCOCC1=O. The number of ketones is 1. The second kappa shape index (κ2) is 4.94. The van der Waals surface area contributed by atoms with Crippen LogP contribution in [0, 0.1) is 0 Å². The fourth-order valence-electron chi connectivity index (χ4n) is 0.984. The lowest BCUT2D eigenvalue weighted by molar-refractivity contribution is -0.160. The van der Waals surface area contributed by atoms with Crippen LogP contribution in [0.25, 0.3) is 0 Å². The molecule has 0 saturated carbocycles. The third-order valence-corrected chi connectivity index (χ3v) is 1.55. The van der Waals surface area contributed by atoms with Crippen molar-refractivity contribution in [3.05, 3.63) is 0 Å². The molecule has 1 rings (SSSR count). The van der Waals surface area contributed by atoms with E-state index in [1.54, 1.807) is 6.92 Å². The Labute approximate surface area is 76.0 Å². The third kappa shape index (κ3) is 2.78. The number of ether oxygens (including phenoxy) is 3. The molecule has 5 nitrogen and oxygen atoms in total. The van der Waals surface area contributed by atoms with E-state index in [2.05, 4.69) is 4.74 Å². The van der Waals surface area contributed by atoms with Crippen molar-refractivity contribution in [1.82, 2.24) is 0 Å². The molecule has 1 aliphatic heterocycles. The number of hydrogen-bond acceptors (Lipinski definition) is 5. The molecule has 13 heavy (non-hydrogen) atoms. The fraction of sp³-hybridized carbons (Fsp3) is 0.750. The molecule has 0 bridgehead atoms. The van der Waals surface area contributed by atoms with Crippen molar-refractivity contribution in [2.75, 3.05) is 26.4 Å². The van der Waals surface area contributed by atoms with Crippen molar-refractivity contribution in [2.45, 2.75) is 13.0 Å². The zero-order valence-corrected chi connectivity index (χ0v) is 7.45. The number of esters is 1. The van der Waals surface area contributed by atoms with E-state index in [0.29, 0.717) is 6.61 Å². The van der Waals surface area contributed by atoms with Gasteiger partial charge in [-0.1, -0.05) is 0 Å². The minimum atomic E-state index is -1.09.